The lowest BCUT2D eigenvalue weighted by molar-refractivity contribution is -0.137. The van der Waals surface area contributed by atoms with Crippen LogP contribution in [0.4, 0.5) is 8.78 Å². The monoisotopic (exact) mass is 300 g/mol. The van der Waals surface area contributed by atoms with E-state index in [1.165, 1.54) is 7.11 Å². The Kier molecular flexibility index (Phi) is 5.39. The van der Waals surface area contributed by atoms with Gasteiger partial charge in [-0.3, -0.25) is 0 Å². The highest BCUT2D eigenvalue weighted by Crippen LogP contribution is 2.40. The van der Waals surface area contributed by atoms with Crippen LogP contribution < -0.4 is 9.47 Å². The van der Waals surface area contributed by atoms with Crippen molar-refractivity contribution in [3.05, 3.63) is 23.8 Å². The highest BCUT2D eigenvalue weighted by atomic mass is 19.2. The van der Waals surface area contributed by atoms with E-state index in [2.05, 4.69) is 0 Å². The number of halogens is 2. The van der Waals surface area contributed by atoms with Crippen LogP contribution in [-0.2, 0) is 11.2 Å². The molecule has 0 fully saturated rings. The first-order valence-electron chi connectivity index (χ1n) is 7.35. The van der Waals surface area contributed by atoms with Crippen LogP contribution in [0.3, 0.4) is 0 Å². The Morgan fingerprint density at radius 3 is 2.90 bits per heavy atom. The Balaban J connectivity index is 2.08. The number of alkyl halides is 2. The molecule has 5 heteroatoms. The van der Waals surface area contributed by atoms with Crippen LogP contribution in [0.2, 0.25) is 0 Å². The Labute approximate surface area is 124 Å². The van der Waals surface area contributed by atoms with Crippen molar-refractivity contribution in [3.63, 3.8) is 0 Å². The van der Waals surface area contributed by atoms with Crippen LogP contribution in [-0.4, -0.2) is 25.9 Å². The molecular formula is C16H22F2O3. The summed E-state index contributed by atoms with van der Waals surface area (Å²) in [6.45, 7) is 2.14. The second-order valence-electron chi connectivity index (χ2n) is 5.34. The normalized spacial score (nSPS) is 24.3. The van der Waals surface area contributed by atoms with Gasteiger partial charge >= 0.3 is 0 Å². The molecule has 0 saturated carbocycles. The summed E-state index contributed by atoms with van der Waals surface area (Å²) in [7, 11) is 1.52. The largest absolute Gasteiger partial charge is 0.468 e. The summed E-state index contributed by atoms with van der Waals surface area (Å²) in [5.74, 6) is -1.26. The van der Waals surface area contributed by atoms with E-state index in [0.29, 0.717) is 23.5 Å². The first kappa shape index (κ1) is 16.0. The number of ether oxygens (including phenoxy) is 3. The lowest BCUT2D eigenvalue weighted by atomic mass is 9.95. The molecule has 2 atom stereocenters. The smallest absolute Gasteiger partial charge is 0.279 e. The molecule has 1 heterocycles. The third kappa shape index (κ3) is 3.84. The molecule has 0 saturated heterocycles. The number of unbranched alkanes of at least 4 members (excludes halogenated alkanes) is 2. The molecule has 0 aromatic heterocycles. The molecule has 1 aliphatic rings. The standard InChI is InChI=1S/C16H22F2O3/c1-3-4-5-8-16(18)15(17)10-12-9-13(20-11-19-2)6-7-14(12)21-16/h6-7,9,15H,3-5,8,10-11H2,1-2H3. The van der Waals surface area contributed by atoms with E-state index in [4.69, 9.17) is 14.2 Å². The number of hydrogen-bond acceptors (Lipinski definition) is 3. The minimum absolute atomic E-state index is 0.00212. The molecule has 0 spiro atoms. The van der Waals surface area contributed by atoms with Gasteiger partial charge < -0.3 is 14.2 Å². The molecule has 0 aliphatic carbocycles. The zero-order chi connectivity index (χ0) is 15.3. The summed E-state index contributed by atoms with van der Waals surface area (Å²) < 4.78 is 44.2. The second kappa shape index (κ2) is 7.07. The van der Waals surface area contributed by atoms with E-state index in [1.807, 2.05) is 6.92 Å². The van der Waals surface area contributed by atoms with Crippen molar-refractivity contribution in [1.82, 2.24) is 0 Å². The van der Waals surface area contributed by atoms with E-state index >= 15 is 0 Å². The summed E-state index contributed by atoms with van der Waals surface area (Å²) in [5, 5.41) is 0. The molecule has 2 unspecified atom stereocenters. The highest BCUT2D eigenvalue weighted by Gasteiger charge is 2.45. The predicted molar refractivity (Wildman–Crippen MR) is 76.2 cm³/mol. The average Bonchev–Trinajstić information content (AvgIpc) is 2.47. The number of methoxy groups -OCH3 is 1. The Hall–Kier alpha value is -1.36. The first-order valence-corrected chi connectivity index (χ1v) is 7.35. The lowest BCUT2D eigenvalue weighted by Gasteiger charge is -2.35. The fourth-order valence-corrected chi connectivity index (χ4v) is 2.45. The second-order valence-corrected chi connectivity index (χ2v) is 5.34. The average molecular weight is 300 g/mol. The minimum atomic E-state index is -2.21. The van der Waals surface area contributed by atoms with Gasteiger partial charge in [-0.25, -0.2) is 4.39 Å². The van der Waals surface area contributed by atoms with Gasteiger partial charge in [0.2, 0.25) is 0 Å². The molecule has 1 aliphatic heterocycles. The van der Waals surface area contributed by atoms with Gasteiger partial charge in [0.05, 0.1) is 0 Å². The molecule has 0 amide bonds. The van der Waals surface area contributed by atoms with Gasteiger partial charge in [0.25, 0.3) is 5.85 Å². The van der Waals surface area contributed by atoms with Crippen molar-refractivity contribution in [2.45, 2.75) is 51.1 Å². The summed E-state index contributed by atoms with van der Waals surface area (Å²) in [5.41, 5.74) is 0.625. The van der Waals surface area contributed by atoms with Crippen molar-refractivity contribution >= 4 is 0 Å². The molecule has 2 rings (SSSR count). The number of fused-ring (bicyclic) bond motifs is 1. The topological polar surface area (TPSA) is 27.7 Å². The number of hydrogen-bond donors (Lipinski definition) is 0. The Bertz CT molecular complexity index is 467. The van der Waals surface area contributed by atoms with Gasteiger partial charge in [-0.1, -0.05) is 19.8 Å². The van der Waals surface area contributed by atoms with Crippen molar-refractivity contribution in [2.75, 3.05) is 13.9 Å². The fourth-order valence-electron chi connectivity index (χ4n) is 2.45. The zero-order valence-electron chi connectivity index (χ0n) is 12.5. The van der Waals surface area contributed by atoms with E-state index < -0.39 is 12.0 Å². The van der Waals surface area contributed by atoms with Crippen molar-refractivity contribution in [3.8, 4) is 11.5 Å². The van der Waals surface area contributed by atoms with E-state index in [0.717, 1.165) is 12.8 Å². The minimum Gasteiger partial charge on any atom is -0.468 e. The lowest BCUT2D eigenvalue weighted by Crippen LogP contribution is -2.45. The predicted octanol–water partition coefficient (Wildman–Crippen LogP) is 4.19. The van der Waals surface area contributed by atoms with E-state index in [1.54, 1.807) is 18.2 Å². The molecule has 1 aromatic carbocycles. The summed E-state index contributed by atoms with van der Waals surface area (Å²) in [6, 6.07) is 4.97. The molecule has 118 valence electrons. The van der Waals surface area contributed by atoms with Gasteiger partial charge in [-0.05, 0) is 24.6 Å². The maximum atomic E-state index is 14.6. The van der Waals surface area contributed by atoms with Crippen molar-refractivity contribution < 1.29 is 23.0 Å². The highest BCUT2D eigenvalue weighted by molar-refractivity contribution is 5.42. The van der Waals surface area contributed by atoms with Crippen LogP contribution in [0.15, 0.2) is 18.2 Å². The Morgan fingerprint density at radius 1 is 1.38 bits per heavy atom. The van der Waals surface area contributed by atoms with E-state index in [-0.39, 0.29) is 19.6 Å². The van der Waals surface area contributed by atoms with Gasteiger partial charge in [-0.15, -0.1) is 0 Å². The van der Waals surface area contributed by atoms with Crippen molar-refractivity contribution in [2.24, 2.45) is 0 Å². The molecule has 0 N–H and O–H groups in total. The van der Waals surface area contributed by atoms with Gasteiger partial charge in [0.1, 0.15) is 11.5 Å². The van der Waals surface area contributed by atoms with E-state index in [9.17, 15) is 8.78 Å². The first-order chi connectivity index (χ1) is 10.1. The molecule has 0 radical (unpaired) electrons. The van der Waals surface area contributed by atoms with Gasteiger partial charge in [0, 0.05) is 25.5 Å². The van der Waals surface area contributed by atoms with Crippen molar-refractivity contribution in [1.29, 1.82) is 0 Å². The summed E-state index contributed by atoms with van der Waals surface area (Å²) in [4.78, 5) is 0. The summed E-state index contributed by atoms with van der Waals surface area (Å²) >= 11 is 0. The SMILES string of the molecule is CCCCCC1(F)Oc2ccc(OCOC)cc2CC1F. The quantitative estimate of drug-likeness (QED) is 0.558. The fraction of sp³-hybridized carbons (Fsp3) is 0.625. The molecule has 0 bridgehead atoms. The Morgan fingerprint density at radius 2 is 2.19 bits per heavy atom. The van der Waals surface area contributed by atoms with Gasteiger partial charge in [-0.2, -0.15) is 4.39 Å². The maximum absolute atomic E-state index is 14.6. The molecular weight excluding hydrogens is 278 g/mol. The number of rotatable bonds is 7. The van der Waals surface area contributed by atoms with Crippen LogP contribution in [0.1, 0.15) is 38.2 Å². The zero-order valence-corrected chi connectivity index (χ0v) is 12.5. The van der Waals surface area contributed by atoms with Gasteiger partial charge in [0.15, 0.2) is 13.0 Å². The van der Waals surface area contributed by atoms with Crippen LogP contribution in [0.25, 0.3) is 0 Å². The molecule has 21 heavy (non-hydrogen) atoms. The molecule has 3 nitrogen and oxygen atoms in total. The third-order valence-electron chi connectivity index (χ3n) is 3.64. The van der Waals surface area contributed by atoms with Crippen LogP contribution in [0, 0.1) is 0 Å². The van der Waals surface area contributed by atoms with Crippen LogP contribution in [0.5, 0.6) is 11.5 Å². The maximum Gasteiger partial charge on any atom is 0.279 e. The van der Waals surface area contributed by atoms with Crippen LogP contribution >= 0.6 is 0 Å². The molecule has 1 aromatic rings. The third-order valence-corrected chi connectivity index (χ3v) is 3.64. The number of benzene rings is 1. The summed E-state index contributed by atoms with van der Waals surface area (Å²) in [6.07, 6.45) is 0.894.